The first-order valence-electron chi connectivity index (χ1n) is 7.65. The average molecular weight is 335 g/mol. The van der Waals surface area contributed by atoms with Crippen LogP contribution in [0.1, 0.15) is 24.1 Å². The third kappa shape index (κ3) is 3.59. The Morgan fingerprint density at radius 1 is 1.22 bits per heavy atom. The van der Waals surface area contributed by atoms with Crippen LogP contribution in [0.25, 0.3) is 11.0 Å². The molecule has 0 atom stereocenters. The minimum absolute atomic E-state index is 0.00387. The maximum atomic E-state index is 11.3. The summed E-state index contributed by atoms with van der Waals surface area (Å²) in [6.45, 7) is 5.51. The number of fused-ring (bicyclic) bond motifs is 1. The molecule has 3 heterocycles. The number of hydrogen-bond donors (Lipinski definition) is 1. The Morgan fingerprint density at radius 3 is 2.57 bits per heavy atom. The van der Waals surface area contributed by atoms with E-state index >= 15 is 0 Å². The van der Waals surface area contributed by atoms with E-state index in [0.717, 1.165) is 48.4 Å². The van der Waals surface area contributed by atoms with Crippen LogP contribution >= 0.6 is 0 Å². The molecule has 23 heavy (non-hydrogen) atoms. The van der Waals surface area contributed by atoms with Crippen molar-refractivity contribution in [2.45, 2.75) is 32.7 Å². The monoisotopic (exact) mass is 335 g/mol. The Hall–Kier alpha value is -1.80. The second kappa shape index (κ2) is 6.01. The average Bonchev–Trinajstić information content (AvgIpc) is 2.45. The van der Waals surface area contributed by atoms with E-state index in [2.05, 4.69) is 24.6 Å². The summed E-state index contributed by atoms with van der Waals surface area (Å²) in [7, 11) is -3.16. The summed E-state index contributed by atoms with van der Waals surface area (Å²) in [6.07, 6.45) is 4.27. The molecule has 124 valence electrons. The number of rotatable bonds is 3. The molecule has 0 aromatic carbocycles. The largest absolute Gasteiger partial charge is 0.356 e. The second-order valence-electron chi connectivity index (χ2n) is 6.13. The molecule has 1 fully saturated rings. The number of nitrogens with one attached hydrogen (secondary N) is 1. The fourth-order valence-corrected chi connectivity index (χ4v) is 3.98. The van der Waals surface area contributed by atoms with Crippen molar-refractivity contribution in [3.8, 4) is 0 Å². The third-order valence-corrected chi connectivity index (χ3v) is 4.85. The molecular formula is C15H21N5O2S. The first-order chi connectivity index (χ1) is 10.8. The SMILES string of the molecule is Cc1cc(C)c2c(N3CCC(NS(C)(=O)=O)CC3)ncnc2n1. The van der Waals surface area contributed by atoms with E-state index in [4.69, 9.17) is 0 Å². The van der Waals surface area contributed by atoms with Gasteiger partial charge < -0.3 is 4.90 Å². The highest BCUT2D eigenvalue weighted by Crippen LogP contribution is 2.27. The highest BCUT2D eigenvalue weighted by atomic mass is 32.2. The quantitative estimate of drug-likeness (QED) is 0.905. The molecule has 0 saturated carbocycles. The molecule has 2 aromatic rings. The lowest BCUT2D eigenvalue weighted by Crippen LogP contribution is -2.44. The highest BCUT2D eigenvalue weighted by molar-refractivity contribution is 7.88. The van der Waals surface area contributed by atoms with Gasteiger partial charge in [-0.3, -0.25) is 0 Å². The highest BCUT2D eigenvalue weighted by Gasteiger charge is 2.24. The molecule has 1 aliphatic heterocycles. The Kier molecular flexibility index (Phi) is 4.20. The minimum atomic E-state index is -3.16. The van der Waals surface area contributed by atoms with Crippen LogP contribution in [0.2, 0.25) is 0 Å². The number of hydrogen-bond acceptors (Lipinski definition) is 6. The van der Waals surface area contributed by atoms with Gasteiger partial charge in [0.1, 0.15) is 12.1 Å². The number of aryl methyl sites for hydroxylation is 2. The van der Waals surface area contributed by atoms with Gasteiger partial charge >= 0.3 is 0 Å². The van der Waals surface area contributed by atoms with Crippen molar-refractivity contribution in [3.05, 3.63) is 23.7 Å². The zero-order valence-electron chi connectivity index (χ0n) is 13.6. The summed E-state index contributed by atoms with van der Waals surface area (Å²) >= 11 is 0. The van der Waals surface area contributed by atoms with E-state index in [1.807, 2.05) is 19.9 Å². The molecule has 8 heteroatoms. The Morgan fingerprint density at radius 2 is 1.91 bits per heavy atom. The van der Waals surface area contributed by atoms with Gasteiger partial charge in [-0.05, 0) is 38.3 Å². The van der Waals surface area contributed by atoms with E-state index < -0.39 is 10.0 Å². The van der Waals surface area contributed by atoms with Crippen LogP contribution in [-0.2, 0) is 10.0 Å². The molecule has 1 saturated heterocycles. The molecule has 0 spiro atoms. The molecule has 3 rings (SSSR count). The van der Waals surface area contributed by atoms with Crippen molar-refractivity contribution in [1.29, 1.82) is 0 Å². The number of piperidine rings is 1. The molecule has 7 nitrogen and oxygen atoms in total. The van der Waals surface area contributed by atoms with E-state index in [1.54, 1.807) is 6.33 Å². The zero-order valence-corrected chi connectivity index (χ0v) is 14.4. The predicted molar refractivity (Wildman–Crippen MR) is 90.0 cm³/mol. The van der Waals surface area contributed by atoms with Gasteiger partial charge in [-0.25, -0.2) is 28.1 Å². The lowest BCUT2D eigenvalue weighted by molar-refractivity contribution is 0.460. The fourth-order valence-electron chi connectivity index (χ4n) is 3.14. The molecule has 0 unspecified atom stereocenters. The molecule has 1 aliphatic rings. The van der Waals surface area contributed by atoms with Crippen molar-refractivity contribution in [1.82, 2.24) is 19.7 Å². The van der Waals surface area contributed by atoms with E-state index in [-0.39, 0.29) is 6.04 Å². The molecular weight excluding hydrogens is 314 g/mol. The van der Waals surface area contributed by atoms with Gasteiger partial charge in [0.25, 0.3) is 0 Å². The number of sulfonamides is 1. The van der Waals surface area contributed by atoms with Crippen molar-refractivity contribution in [2.75, 3.05) is 24.2 Å². The van der Waals surface area contributed by atoms with Crippen LogP contribution in [0.4, 0.5) is 5.82 Å². The zero-order chi connectivity index (χ0) is 16.6. The summed E-state index contributed by atoms with van der Waals surface area (Å²) in [5.41, 5.74) is 2.76. The summed E-state index contributed by atoms with van der Waals surface area (Å²) < 4.78 is 25.4. The number of anilines is 1. The normalized spacial score (nSPS) is 16.9. The summed E-state index contributed by atoms with van der Waals surface area (Å²) in [5, 5.41) is 0.979. The molecule has 1 N–H and O–H groups in total. The molecule has 0 amide bonds. The summed E-state index contributed by atoms with van der Waals surface area (Å²) in [5.74, 6) is 0.887. The van der Waals surface area contributed by atoms with Gasteiger partial charge in [0.05, 0.1) is 11.6 Å². The number of aromatic nitrogens is 3. The lowest BCUT2D eigenvalue weighted by atomic mass is 10.1. The predicted octanol–water partition coefficient (Wildman–Crippen LogP) is 1.16. The molecule has 0 bridgehead atoms. The molecule has 2 aromatic heterocycles. The molecule has 0 aliphatic carbocycles. The fraction of sp³-hybridized carbons (Fsp3) is 0.533. The van der Waals surface area contributed by atoms with Crippen LogP contribution in [-0.4, -0.2) is 48.8 Å². The Balaban J connectivity index is 1.85. The van der Waals surface area contributed by atoms with Crippen LogP contribution in [0.15, 0.2) is 12.4 Å². The van der Waals surface area contributed by atoms with Gasteiger partial charge in [0.15, 0.2) is 5.65 Å². The summed E-state index contributed by atoms with van der Waals surface area (Å²) in [6, 6.07) is 2.03. The Labute approximate surface area is 136 Å². The smallest absolute Gasteiger partial charge is 0.208 e. The van der Waals surface area contributed by atoms with E-state index in [0.29, 0.717) is 5.65 Å². The number of pyridine rings is 1. The van der Waals surface area contributed by atoms with Crippen molar-refractivity contribution in [3.63, 3.8) is 0 Å². The van der Waals surface area contributed by atoms with Gasteiger partial charge in [0, 0.05) is 24.8 Å². The maximum absolute atomic E-state index is 11.3. The van der Waals surface area contributed by atoms with Gasteiger partial charge in [-0.1, -0.05) is 0 Å². The van der Waals surface area contributed by atoms with Crippen LogP contribution < -0.4 is 9.62 Å². The van der Waals surface area contributed by atoms with Gasteiger partial charge in [0.2, 0.25) is 10.0 Å². The lowest BCUT2D eigenvalue weighted by Gasteiger charge is -2.33. The first kappa shape index (κ1) is 16.1. The number of nitrogens with zero attached hydrogens (tertiary/aromatic N) is 4. The Bertz CT molecular complexity index is 829. The second-order valence-corrected chi connectivity index (χ2v) is 7.91. The van der Waals surface area contributed by atoms with E-state index in [1.165, 1.54) is 6.26 Å². The van der Waals surface area contributed by atoms with E-state index in [9.17, 15) is 8.42 Å². The topological polar surface area (TPSA) is 88.1 Å². The van der Waals surface area contributed by atoms with Gasteiger partial charge in [-0.2, -0.15) is 0 Å². The minimum Gasteiger partial charge on any atom is -0.356 e. The maximum Gasteiger partial charge on any atom is 0.208 e. The van der Waals surface area contributed by atoms with Crippen molar-refractivity contribution < 1.29 is 8.42 Å². The summed E-state index contributed by atoms with van der Waals surface area (Å²) in [4.78, 5) is 15.4. The van der Waals surface area contributed by atoms with Crippen molar-refractivity contribution >= 4 is 26.9 Å². The first-order valence-corrected chi connectivity index (χ1v) is 9.54. The van der Waals surface area contributed by atoms with Crippen LogP contribution in [0, 0.1) is 13.8 Å². The van der Waals surface area contributed by atoms with Crippen molar-refractivity contribution in [2.24, 2.45) is 0 Å². The van der Waals surface area contributed by atoms with Gasteiger partial charge in [-0.15, -0.1) is 0 Å². The van der Waals surface area contributed by atoms with Crippen LogP contribution in [0.3, 0.4) is 0 Å². The standard InChI is InChI=1S/C15H21N5O2S/c1-10-8-11(2)18-14-13(10)15(17-9-16-14)20-6-4-12(5-7-20)19-23(3,21)22/h8-9,12,19H,4-7H2,1-3H3. The third-order valence-electron chi connectivity index (χ3n) is 4.08. The van der Waals surface area contributed by atoms with Crippen LogP contribution in [0.5, 0.6) is 0 Å². The molecule has 0 radical (unpaired) electrons.